The molecule has 82 heavy (non-hydrogen) atoms. The predicted octanol–water partition coefficient (Wildman–Crippen LogP) is 2.72. The Hall–Kier alpha value is -3.66. The zero-order chi connectivity index (χ0) is 54.5. The van der Waals surface area contributed by atoms with E-state index in [9.17, 15) is 14.7 Å². The molecule has 2 N–H and O–H groups in total. The topological polar surface area (TPSA) is 198 Å². The molecular weight excluding hydrogens is 1280 g/mol. The van der Waals surface area contributed by atoms with Crippen LogP contribution in [0.1, 0.15) is 77.1 Å². The molecule has 0 saturated carbocycles. The molecule has 1 atom stereocenters. The number of methoxy groups -OCH3 is 1. The summed E-state index contributed by atoms with van der Waals surface area (Å²) in [7, 11) is 1.61. The van der Waals surface area contributed by atoms with Gasteiger partial charge in [-0.2, -0.15) is 6.07 Å². The molecule has 6 aromatic carbocycles. The van der Waals surface area contributed by atoms with Gasteiger partial charge in [0.25, 0.3) is 0 Å². The summed E-state index contributed by atoms with van der Waals surface area (Å²) < 4.78 is 39.3. The molecule has 0 saturated heterocycles. The summed E-state index contributed by atoms with van der Waals surface area (Å²) >= 11 is 0. The second-order valence-corrected chi connectivity index (χ2v) is 20.0. The second-order valence-electron chi connectivity index (χ2n) is 20.0. The number of carbonyl (C=O) groups excluding carboxylic acids is 2. The number of aromatic carboxylic acids is 1. The first-order chi connectivity index (χ1) is 38.7. The van der Waals surface area contributed by atoms with Gasteiger partial charge in [0.2, 0.25) is 0 Å². The van der Waals surface area contributed by atoms with E-state index in [1.54, 1.807) is 19.2 Å². The molecule has 2 heterocycles. The molecule has 2 aromatic heterocycles. The molecule has 0 bridgehead atoms. The van der Waals surface area contributed by atoms with E-state index >= 15 is 0 Å². The molecule has 410 valence electrons. The van der Waals surface area contributed by atoms with Crippen LogP contribution in [0, 0.1) is 13.8 Å². The fraction of sp³-hybridized carbons (Fsp3) is 0.273. The maximum absolute atomic E-state index is 13.4. The number of aliphatic hydroxyl groups is 1. The fourth-order valence-corrected chi connectivity index (χ4v) is 12.0. The van der Waals surface area contributed by atoms with Gasteiger partial charge in [0.1, 0.15) is 12.4 Å². The van der Waals surface area contributed by atoms with Crippen LogP contribution in [0.2, 0.25) is 0 Å². The Balaban J connectivity index is 0.00000293. The molecule has 0 fully saturated rings. The van der Waals surface area contributed by atoms with E-state index in [0.29, 0.717) is 62.9 Å². The Morgan fingerprint density at radius 2 is 1.01 bits per heavy atom. The molecule has 0 aliphatic heterocycles. The number of rotatable bonds is 25. The van der Waals surface area contributed by atoms with Crippen LogP contribution in [0.15, 0.2) is 146 Å². The van der Waals surface area contributed by atoms with Crippen molar-refractivity contribution in [2.45, 2.75) is 31.3 Å². The van der Waals surface area contributed by atoms with Gasteiger partial charge in [0.05, 0.1) is 107 Å². The van der Waals surface area contributed by atoms with Crippen molar-refractivity contribution in [2.75, 3.05) is 86.4 Å². The summed E-state index contributed by atoms with van der Waals surface area (Å²) in [5.41, 5.74) is 16.6. The van der Waals surface area contributed by atoms with Crippen molar-refractivity contribution >= 4 is 12.3 Å². The summed E-state index contributed by atoms with van der Waals surface area (Å²) in [5, 5.41) is 22.3. The quantitative estimate of drug-likeness (QED) is 0.0648. The van der Waals surface area contributed by atoms with E-state index in [0.717, 1.165) is 89.3 Å². The number of nitrogens with zero attached hydrogens (tertiary/aromatic N) is 2. The van der Waals surface area contributed by atoms with E-state index in [-0.39, 0.29) is 194 Å². The minimum absolute atomic E-state index is 0. The van der Waals surface area contributed by atoms with Gasteiger partial charge in [0.15, 0.2) is 0 Å². The minimum atomic E-state index is -1.41. The van der Waals surface area contributed by atoms with Crippen molar-refractivity contribution in [3.8, 4) is 50.5 Å². The van der Waals surface area contributed by atoms with Crippen molar-refractivity contribution in [3.05, 3.63) is 218 Å². The molecule has 1 unspecified atom stereocenters. The minimum Gasteiger partial charge on any atom is -0.870 e. The standard InChI is InChI=1S/C66H61N2O11.2Cs.H2O/c1-42-8-15-50-52-17-11-44(45-12-18-53-51-16-9-43(2)35-58(51)66(60(53)38-45)55-6-4-20-67-62(55)63-56(66)7-5-21-68-63)37-59(52)65(57(50)34-42,48-13-10-46(47(36-48)40-70)41-78-31-30-76-27-26-74-23-22-69)49-14-19-61(54(39-49)64(71)72)79-33-32-77-29-28-75-25-24-73-3;;;/h4-21,34-39,69H,22-33,41H2,1-3H3,(H,71,72);;;1H2/q-1;2*+1;/p-2. The SMILES string of the molecule is COCCOCCOCCOc1ccc(C2(c3ccc(COCCOCCOCCO)c([C-]=O)c3)c3cc(C)ccc3-c3ccc(-c4ccc5c(c4)C4(c6cc(C)ccc6-5)c5cccnc5-c5ncccc54)cc32)cc1C(=O)[O-].[Cs+].[Cs+].[OH-]. The second kappa shape index (κ2) is 29.2. The summed E-state index contributed by atoms with van der Waals surface area (Å²) in [6, 6.07) is 45.7. The number of aliphatic hydroxyl groups excluding tert-OH is 1. The van der Waals surface area contributed by atoms with Gasteiger partial charge >= 0.3 is 138 Å². The number of carboxylic acids is 1. The van der Waals surface area contributed by atoms with E-state index in [1.807, 2.05) is 55.7 Å². The zero-order valence-electron chi connectivity index (χ0n) is 46.9. The van der Waals surface area contributed by atoms with Crippen LogP contribution in [-0.4, -0.2) is 119 Å². The van der Waals surface area contributed by atoms with Gasteiger partial charge in [0, 0.05) is 31.7 Å². The van der Waals surface area contributed by atoms with Crippen LogP contribution < -0.4 is 148 Å². The number of aromatic nitrogens is 2. The number of carbonyl (C=O) groups is 1. The van der Waals surface area contributed by atoms with E-state index in [1.165, 1.54) is 5.56 Å². The number of carboxylic acid groups (broad SMARTS) is 1. The molecule has 11 rings (SSSR count). The van der Waals surface area contributed by atoms with E-state index in [2.05, 4.69) is 98.1 Å². The van der Waals surface area contributed by atoms with Crippen LogP contribution in [0.3, 0.4) is 0 Å². The maximum Gasteiger partial charge on any atom is 1.00 e. The number of ether oxygens (including phenoxy) is 7. The molecular formula is C66H61Cs2N2O12-. The first kappa shape index (κ1) is 64.3. The molecule has 0 amide bonds. The Labute approximate surface area is 595 Å². The Morgan fingerprint density at radius 1 is 0.537 bits per heavy atom. The number of benzene rings is 6. The average molecular weight is 1340 g/mol. The number of pyridine rings is 2. The van der Waals surface area contributed by atoms with Crippen LogP contribution >= 0.6 is 0 Å². The van der Waals surface area contributed by atoms with Crippen molar-refractivity contribution in [1.29, 1.82) is 0 Å². The number of hydrogen-bond acceptors (Lipinski definition) is 14. The van der Waals surface area contributed by atoms with E-state index < -0.39 is 16.8 Å². The third-order valence-corrected chi connectivity index (χ3v) is 15.4. The molecule has 3 aliphatic rings. The third kappa shape index (κ3) is 12.2. The van der Waals surface area contributed by atoms with Crippen molar-refractivity contribution in [1.82, 2.24) is 9.97 Å². The first-order valence-corrected chi connectivity index (χ1v) is 26.7. The molecule has 0 radical (unpaired) electrons. The maximum atomic E-state index is 13.4. The third-order valence-electron chi connectivity index (χ3n) is 15.4. The Morgan fingerprint density at radius 3 is 1.56 bits per heavy atom. The largest absolute Gasteiger partial charge is 1.00 e. The van der Waals surface area contributed by atoms with Crippen molar-refractivity contribution < 1.29 is 196 Å². The number of aryl methyl sites for hydroxylation is 2. The van der Waals surface area contributed by atoms with Gasteiger partial charge in [-0.15, -0.1) is 17.2 Å². The summed E-state index contributed by atoms with van der Waals surface area (Å²) in [6.45, 7) is 7.69. The molecule has 3 aliphatic carbocycles. The van der Waals surface area contributed by atoms with Gasteiger partial charge in [-0.1, -0.05) is 102 Å². The van der Waals surface area contributed by atoms with Crippen molar-refractivity contribution in [3.63, 3.8) is 0 Å². The zero-order valence-corrected chi connectivity index (χ0v) is 59.5. The molecule has 8 aromatic rings. The normalized spacial score (nSPS) is 14.3. The van der Waals surface area contributed by atoms with Gasteiger partial charge in [-0.3, -0.25) is 9.97 Å². The Kier molecular flexibility index (Phi) is 22.9. The monoisotopic (exact) mass is 1340 g/mol. The van der Waals surface area contributed by atoms with Gasteiger partial charge in [-0.25, -0.2) is 0 Å². The van der Waals surface area contributed by atoms with Gasteiger partial charge < -0.3 is 58.4 Å². The summed E-state index contributed by atoms with van der Waals surface area (Å²) in [4.78, 5) is 36.4. The first-order valence-electron chi connectivity index (χ1n) is 26.7. The van der Waals surface area contributed by atoms with Gasteiger partial charge in [-0.05, 0) is 123 Å². The van der Waals surface area contributed by atoms with E-state index in [4.69, 9.17) is 48.2 Å². The number of hydrogen-bond donors (Lipinski definition) is 1. The summed E-state index contributed by atoms with van der Waals surface area (Å²) in [6.07, 6.45) is 5.88. The molecule has 16 heteroatoms. The smallest absolute Gasteiger partial charge is 0.870 e. The number of fused-ring (bicyclic) bond motifs is 13. The predicted molar refractivity (Wildman–Crippen MR) is 299 cm³/mol. The van der Waals surface area contributed by atoms with Crippen LogP contribution in [0.4, 0.5) is 0 Å². The Bertz CT molecular complexity index is 3550. The van der Waals surface area contributed by atoms with Crippen LogP contribution in [0.25, 0.3) is 44.8 Å². The average Bonchev–Trinajstić information content (AvgIpc) is 3.46. The molecule has 1 spiro atoms. The van der Waals surface area contributed by atoms with Crippen molar-refractivity contribution in [2.24, 2.45) is 0 Å². The van der Waals surface area contributed by atoms with Crippen LogP contribution in [-0.2, 0) is 50.7 Å². The molecule has 14 nitrogen and oxygen atoms in total. The fourth-order valence-electron chi connectivity index (χ4n) is 12.0. The summed E-state index contributed by atoms with van der Waals surface area (Å²) in [5.74, 6) is -1.27. The van der Waals surface area contributed by atoms with Crippen LogP contribution in [0.5, 0.6) is 5.75 Å².